The van der Waals surface area contributed by atoms with E-state index in [2.05, 4.69) is 9.71 Å². The second-order valence-electron chi connectivity index (χ2n) is 11.1. The summed E-state index contributed by atoms with van der Waals surface area (Å²) >= 11 is 0. The molecule has 0 radical (unpaired) electrons. The number of amides is 1. The number of hydrogen-bond donors (Lipinski definition) is 2. The fourth-order valence-electron chi connectivity index (χ4n) is 4.93. The van der Waals surface area contributed by atoms with E-state index in [1.807, 2.05) is 18.9 Å². The minimum atomic E-state index is -4.41. The average molecular weight is 624 g/mol. The van der Waals surface area contributed by atoms with Crippen molar-refractivity contribution in [1.29, 1.82) is 0 Å². The number of anilines is 1. The summed E-state index contributed by atoms with van der Waals surface area (Å²) in [4.78, 5) is 20.9. The molecule has 0 spiro atoms. The van der Waals surface area contributed by atoms with Gasteiger partial charge in [-0.15, -0.1) is 0 Å². The summed E-state index contributed by atoms with van der Waals surface area (Å²) in [6, 6.07) is 9.23. The van der Waals surface area contributed by atoms with E-state index in [4.69, 9.17) is 4.74 Å². The standard InChI is InChI=1S/C29H36F3N5O5S/c1-19-13-37(20(2)17-38)28(39)12-22-11-24(34-43(40,41)27-16-36(4)18-33-27)9-10-25(22)42-26(19)15-35(3)14-21-5-7-23(8-6-21)29(30,31)32/h5-11,16,18-20,26,34,38H,12-15,17H2,1-4H3/t19-,20+,26-/m1/s1. The molecule has 4 rings (SSSR count). The number of rotatable bonds is 9. The van der Waals surface area contributed by atoms with Crippen LogP contribution in [0.25, 0.3) is 0 Å². The summed E-state index contributed by atoms with van der Waals surface area (Å²) in [5.41, 5.74) is 0.673. The van der Waals surface area contributed by atoms with Crippen LogP contribution < -0.4 is 9.46 Å². The molecular weight excluding hydrogens is 587 g/mol. The highest BCUT2D eigenvalue weighted by atomic mass is 32.2. The van der Waals surface area contributed by atoms with Gasteiger partial charge in [0.1, 0.15) is 11.9 Å². The zero-order valence-electron chi connectivity index (χ0n) is 24.4. The van der Waals surface area contributed by atoms with Crippen LogP contribution in [-0.2, 0) is 41.0 Å². The Labute approximate surface area is 249 Å². The van der Waals surface area contributed by atoms with Gasteiger partial charge in [0, 0.05) is 50.0 Å². The van der Waals surface area contributed by atoms with Crippen LogP contribution in [0.3, 0.4) is 0 Å². The monoisotopic (exact) mass is 623 g/mol. The number of carbonyl (C=O) groups is 1. The first-order chi connectivity index (χ1) is 20.2. The van der Waals surface area contributed by atoms with Gasteiger partial charge >= 0.3 is 6.18 Å². The first kappa shape index (κ1) is 32.3. The topological polar surface area (TPSA) is 117 Å². The lowest BCUT2D eigenvalue weighted by Gasteiger charge is -2.34. The molecule has 234 valence electrons. The maximum absolute atomic E-state index is 13.4. The molecule has 10 nitrogen and oxygen atoms in total. The molecule has 0 unspecified atom stereocenters. The minimum Gasteiger partial charge on any atom is -0.488 e. The van der Waals surface area contributed by atoms with Crippen LogP contribution in [0.5, 0.6) is 5.75 Å². The van der Waals surface area contributed by atoms with E-state index in [1.165, 1.54) is 29.2 Å². The number of hydrogen-bond acceptors (Lipinski definition) is 7. The molecule has 3 aromatic rings. The van der Waals surface area contributed by atoms with Gasteiger partial charge < -0.3 is 19.3 Å². The molecule has 2 heterocycles. The Hall–Kier alpha value is -3.62. The lowest BCUT2D eigenvalue weighted by molar-refractivity contribution is -0.137. The van der Waals surface area contributed by atoms with E-state index in [-0.39, 0.29) is 35.6 Å². The maximum atomic E-state index is 13.4. The van der Waals surface area contributed by atoms with Gasteiger partial charge in [-0.1, -0.05) is 19.1 Å². The third-order valence-corrected chi connectivity index (χ3v) is 8.62. The smallest absolute Gasteiger partial charge is 0.416 e. The molecule has 0 saturated heterocycles. The van der Waals surface area contributed by atoms with Crippen molar-refractivity contribution in [3.8, 4) is 5.75 Å². The molecule has 43 heavy (non-hydrogen) atoms. The summed E-state index contributed by atoms with van der Waals surface area (Å²) in [7, 11) is -0.498. The van der Waals surface area contributed by atoms with Gasteiger partial charge in [0.25, 0.3) is 10.0 Å². The normalized spacial score (nSPS) is 18.8. The van der Waals surface area contributed by atoms with Crippen LogP contribution in [0.1, 0.15) is 30.5 Å². The SMILES string of the molecule is C[C@@H]1CN([C@@H](C)CO)C(=O)Cc2cc(NS(=O)(=O)c3cn(C)cn3)ccc2O[C@@H]1CN(C)Cc1ccc(C(F)(F)F)cc1. The minimum absolute atomic E-state index is 0.0837. The fraction of sp³-hybridized carbons (Fsp3) is 0.448. The quantitative estimate of drug-likeness (QED) is 0.375. The predicted molar refractivity (Wildman–Crippen MR) is 154 cm³/mol. The third-order valence-electron chi connectivity index (χ3n) is 7.35. The number of carbonyl (C=O) groups excluding carboxylic acids is 1. The van der Waals surface area contributed by atoms with Crippen LogP contribution in [-0.4, -0.2) is 77.7 Å². The van der Waals surface area contributed by atoms with Crippen LogP contribution in [0.15, 0.2) is 60.0 Å². The number of aliphatic hydroxyl groups is 1. The number of imidazole rings is 1. The molecule has 2 aromatic carbocycles. The number of fused-ring (bicyclic) bond motifs is 1. The molecule has 0 aliphatic carbocycles. The fourth-order valence-corrected chi connectivity index (χ4v) is 5.96. The summed E-state index contributed by atoms with van der Waals surface area (Å²) in [5, 5.41) is 9.70. The molecule has 0 saturated carbocycles. The second kappa shape index (κ2) is 12.9. The van der Waals surface area contributed by atoms with Crippen molar-refractivity contribution >= 4 is 21.6 Å². The molecule has 1 amide bonds. The zero-order valence-corrected chi connectivity index (χ0v) is 25.2. The maximum Gasteiger partial charge on any atom is 0.416 e. The number of aromatic nitrogens is 2. The van der Waals surface area contributed by atoms with Crippen molar-refractivity contribution in [3.05, 3.63) is 71.7 Å². The highest BCUT2D eigenvalue weighted by Gasteiger charge is 2.32. The van der Waals surface area contributed by atoms with Crippen molar-refractivity contribution in [2.75, 3.05) is 31.5 Å². The second-order valence-corrected chi connectivity index (χ2v) is 12.7. The molecule has 14 heteroatoms. The first-order valence-corrected chi connectivity index (χ1v) is 15.2. The lowest BCUT2D eigenvalue weighted by atomic mass is 10.0. The number of aryl methyl sites for hydroxylation is 1. The van der Waals surface area contributed by atoms with Gasteiger partial charge in [0.15, 0.2) is 5.03 Å². The number of alkyl halides is 3. The summed E-state index contributed by atoms with van der Waals surface area (Å²) in [6.45, 7) is 4.47. The average Bonchev–Trinajstić information content (AvgIpc) is 3.39. The van der Waals surface area contributed by atoms with Crippen molar-refractivity contribution in [1.82, 2.24) is 19.4 Å². The largest absolute Gasteiger partial charge is 0.488 e. The number of likely N-dealkylation sites (N-methyl/N-ethyl adjacent to an activating group) is 1. The van der Waals surface area contributed by atoms with Gasteiger partial charge in [-0.2, -0.15) is 21.6 Å². The zero-order chi connectivity index (χ0) is 31.5. The van der Waals surface area contributed by atoms with Crippen LogP contribution in [0, 0.1) is 5.92 Å². The van der Waals surface area contributed by atoms with E-state index in [9.17, 15) is 31.5 Å². The Kier molecular flexibility index (Phi) is 9.72. The van der Waals surface area contributed by atoms with E-state index >= 15 is 0 Å². The number of sulfonamides is 1. The number of ether oxygens (including phenoxy) is 1. The molecule has 3 atom stereocenters. The van der Waals surface area contributed by atoms with Gasteiger partial charge in [-0.05, 0) is 49.9 Å². The molecule has 0 fully saturated rings. The number of benzene rings is 2. The first-order valence-electron chi connectivity index (χ1n) is 13.7. The highest BCUT2D eigenvalue weighted by Crippen LogP contribution is 2.31. The van der Waals surface area contributed by atoms with Gasteiger partial charge in [0.2, 0.25) is 5.91 Å². The Balaban J connectivity index is 1.59. The molecule has 1 aliphatic rings. The van der Waals surface area contributed by atoms with E-state index in [0.717, 1.165) is 12.1 Å². The Morgan fingerprint density at radius 1 is 1.21 bits per heavy atom. The number of nitrogens with zero attached hydrogens (tertiary/aromatic N) is 4. The van der Waals surface area contributed by atoms with Gasteiger partial charge in [-0.25, -0.2) is 4.98 Å². The molecule has 0 bridgehead atoms. The summed E-state index contributed by atoms with van der Waals surface area (Å²) < 4.78 is 75.1. The van der Waals surface area contributed by atoms with Crippen LogP contribution >= 0.6 is 0 Å². The van der Waals surface area contributed by atoms with Crippen LogP contribution in [0.2, 0.25) is 0 Å². The summed E-state index contributed by atoms with van der Waals surface area (Å²) in [6.07, 6.45) is -2.20. The van der Waals surface area contributed by atoms with Crippen molar-refractivity contribution in [2.45, 2.75) is 50.2 Å². The van der Waals surface area contributed by atoms with Gasteiger partial charge in [0.05, 0.1) is 31.0 Å². The van der Waals surface area contributed by atoms with E-state index in [0.29, 0.717) is 36.5 Å². The van der Waals surface area contributed by atoms with E-state index < -0.39 is 33.9 Å². The Morgan fingerprint density at radius 3 is 2.51 bits per heavy atom. The third kappa shape index (κ3) is 8.06. The molecular formula is C29H36F3N5O5S. The lowest BCUT2D eigenvalue weighted by Crippen LogP contribution is -2.47. The Morgan fingerprint density at radius 2 is 1.91 bits per heavy atom. The Bertz CT molecular complexity index is 1530. The predicted octanol–water partition coefficient (Wildman–Crippen LogP) is 3.52. The van der Waals surface area contributed by atoms with E-state index in [1.54, 1.807) is 37.1 Å². The molecule has 1 aromatic heterocycles. The van der Waals surface area contributed by atoms with Crippen molar-refractivity contribution in [2.24, 2.45) is 13.0 Å². The van der Waals surface area contributed by atoms with Crippen LogP contribution in [0.4, 0.5) is 18.9 Å². The van der Waals surface area contributed by atoms with Crippen molar-refractivity contribution in [3.63, 3.8) is 0 Å². The number of halogens is 3. The number of aliphatic hydroxyl groups excluding tert-OH is 1. The van der Waals surface area contributed by atoms with Crippen molar-refractivity contribution < 1.29 is 36.2 Å². The van der Waals surface area contributed by atoms with Gasteiger partial charge in [-0.3, -0.25) is 14.4 Å². The highest BCUT2D eigenvalue weighted by molar-refractivity contribution is 7.92. The molecule has 1 aliphatic heterocycles. The summed E-state index contributed by atoms with van der Waals surface area (Å²) in [5.74, 6) is -0.0320. The molecule has 2 N–H and O–H groups in total. The number of nitrogens with one attached hydrogen (secondary N) is 1.